The Labute approximate surface area is 203 Å². The van der Waals surface area contributed by atoms with Crippen LogP contribution in [0.15, 0.2) is 18.5 Å². The summed E-state index contributed by atoms with van der Waals surface area (Å²) < 4.78 is 16.2. The van der Waals surface area contributed by atoms with Crippen LogP contribution in [0.25, 0.3) is 10.2 Å². The van der Waals surface area contributed by atoms with Gasteiger partial charge in [0.2, 0.25) is 5.75 Å². The molecule has 3 aromatic rings. The van der Waals surface area contributed by atoms with Crippen LogP contribution in [-0.4, -0.2) is 74.8 Å². The van der Waals surface area contributed by atoms with Crippen molar-refractivity contribution in [2.24, 2.45) is 0 Å². The second kappa shape index (κ2) is 10.4. The molecular weight excluding hydrogens is 454 g/mol. The van der Waals surface area contributed by atoms with Crippen LogP contribution in [-0.2, 0) is 0 Å². The summed E-state index contributed by atoms with van der Waals surface area (Å²) in [4.78, 5) is 28.6. The van der Waals surface area contributed by atoms with Gasteiger partial charge < -0.3 is 24.4 Å². The van der Waals surface area contributed by atoms with Crippen molar-refractivity contribution in [3.63, 3.8) is 0 Å². The van der Waals surface area contributed by atoms with Crippen LogP contribution in [0.5, 0.6) is 17.2 Å². The fourth-order valence-electron chi connectivity index (χ4n) is 4.35. The van der Waals surface area contributed by atoms with Crippen LogP contribution >= 0.6 is 11.3 Å². The van der Waals surface area contributed by atoms with Gasteiger partial charge in [-0.15, -0.1) is 11.3 Å². The van der Waals surface area contributed by atoms with Gasteiger partial charge in [-0.1, -0.05) is 6.92 Å². The van der Waals surface area contributed by atoms with Crippen molar-refractivity contribution in [2.45, 2.75) is 20.3 Å². The topological polar surface area (TPSA) is 89.1 Å². The summed E-state index contributed by atoms with van der Waals surface area (Å²) in [7, 11) is 4.63. The van der Waals surface area contributed by atoms with Crippen molar-refractivity contribution >= 4 is 39.0 Å². The number of nitrogens with zero attached hydrogens (tertiary/aromatic N) is 4. The number of hydrogen-bond donors (Lipinski definition) is 1. The van der Waals surface area contributed by atoms with Gasteiger partial charge in [-0.2, -0.15) is 0 Å². The number of carbonyl (C=O) groups is 1. The van der Waals surface area contributed by atoms with Gasteiger partial charge in [0.15, 0.2) is 11.5 Å². The number of fused-ring (bicyclic) bond motifs is 1. The van der Waals surface area contributed by atoms with E-state index in [-0.39, 0.29) is 5.91 Å². The van der Waals surface area contributed by atoms with Crippen molar-refractivity contribution < 1.29 is 19.0 Å². The third-order valence-electron chi connectivity index (χ3n) is 6.05. The lowest BCUT2D eigenvalue weighted by molar-refractivity contribution is 0.103. The maximum absolute atomic E-state index is 13.3. The zero-order chi connectivity index (χ0) is 24.2. The van der Waals surface area contributed by atoms with Gasteiger partial charge in [0.05, 0.1) is 31.6 Å². The van der Waals surface area contributed by atoms with Gasteiger partial charge in [0, 0.05) is 44.0 Å². The molecule has 1 aliphatic rings. The molecule has 0 unspecified atom stereocenters. The Bertz CT molecular complexity index is 1150. The molecule has 1 amide bonds. The first-order valence-electron chi connectivity index (χ1n) is 11.3. The van der Waals surface area contributed by atoms with Gasteiger partial charge in [0.1, 0.15) is 17.0 Å². The zero-order valence-electron chi connectivity index (χ0n) is 20.3. The molecule has 1 N–H and O–H groups in total. The number of benzene rings is 1. The van der Waals surface area contributed by atoms with E-state index in [1.54, 1.807) is 39.8 Å². The molecule has 2 aromatic heterocycles. The third-order valence-corrected chi connectivity index (χ3v) is 7.25. The molecule has 9 nitrogen and oxygen atoms in total. The van der Waals surface area contributed by atoms with Gasteiger partial charge in [-0.25, -0.2) is 9.97 Å². The minimum Gasteiger partial charge on any atom is -0.493 e. The van der Waals surface area contributed by atoms with Crippen molar-refractivity contribution in [1.82, 2.24) is 14.9 Å². The number of methoxy groups -OCH3 is 3. The highest BCUT2D eigenvalue weighted by Crippen LogP contribution is 2.41. The Hall–Kier alpha value is -3.11. The van der Waals surface area contributed by atoms with Crippen LogP contribution in [0.4, 0.5) is 11.5 Å². The highest BCUT2D eigenvalue weighted by Gasteiger charge is 2.25. The van der Waals surface area contributed by atoms with E-state index in [1.165, 1.54) is 11.3 Å². The number of anilines is 2. The number of ether oxygens (including phenoxy) is 3. The largest absolute Gasteiger partial charge is 0.493 e. The molecule has 0 radical (unpaired) electrons. The van der Waals surface area contributed by atoms with E-state index in [9.17, 15) is 4.79 Å². The first kappa shape index (κ1) is 24.0. The van der Waals surface area contributed by atoms with Crippen molar-refractivity contribution in [1.29, 1.82) is 0 Å². The number of nitrogens with one attached hydrogen (secondary N) is 1. The molecule has 0 bridgehead atoms. The molecule has 1 saturated heterocycles. The fraction of sp³-hybridized carbons (Fsp3) is 0.458. The molecule has 34 heavy (non-hydrogen) atoms. The van der Waals surface area contributed by atoms with Crippen molar-refractivity contribution in [3.8, 4) is 17.2 Å². The maximum atomic E-state index is 13.3. The summed E-state index contributed by atoms with van der Waals surface area (Å²) >= 11 is 1.38. The first-order valence-corrected chi connectivity index (χ1v) is 12.1. The molecule has 0 atom stereocenters. The van der Waals surface area contributed by atoms with Crippen LogP contribution < -0.4 is 24.4 Å². The molecule has 4 rings (SSSR count). The van der Waals surface area contributed by atoms with E-state index < -0.39 is 0 Å². The highest BCUT2D eigenvalue weighted by molar-refractivity contribution is 7.20. The summed E-state index contributed by atoms with van der Waals surface area (Å²) in [6, 6.07) is 3.42. The minimum absolute atomic E-state index is 0.214. The SMILES string of the molecule is CCCN1CCN(c2ncnc3sc(C(=O)Nc4cc(OC)c(OC)c(OC)c4)c(C)c23)CC1. The average Bonchev–Trinajstić information content (AvgIpc) is 3.20. The molecule has 0 spiro atoms. The first-order chi connectivity index (χ1) is 16.5. The van der Waals surface area contributed by atoms with Crippen molar-refractivity contribution in [2.75, 3.05) is 64.3 Å². The van der Waals surface area contributed by atoms with Gasteiger partial charge in [0.25, 0.3) is 5.91 Å². The molecule has 182 valence electrons. The Morgan fingerprint density at radius 2 is 1.74 bits per heavy atom. The van der Waals surface area contributed by atoms with Crippen LogP contribution in [0.2, 0.25) is 0 Å². The van der Waals surface area contributed by atoms with Gasteiger partial charge in [-0.05, 0) is 25.5 Å². The van der Waals surface area contributed by atoms with Gasteiger partial charge >= 0.3 is 0 Å². The summed E-state index contributed by atoms with van der Waals surface area (Å²) in [5, 5.41) is 3.92. The summed E-state index contributed by atoms with van der Waals surface area (Å²) in [6.07, 6.45) is 2.75. The Morgan fingerprint density at radius 1 is 1.06 bits per heavy atom. The van der Waals surface area contributed by atoms with Crippen LogP contribution in [0.3, 0.4) is 0 Å². The van der Waals surface area contributed by atoms with E-state index in [4.69, 9.17) is 14.2 Å². The van der Waals surface area contributed by atoms with E-state index in [2.05, 4.69) is 32.0 Å². The van der Waals surface area contributed by atoms with Gasteiger partial charge in [-0.3, -0.25) is 9.69 Å². The predicted octanol–water partition coefficient (Wildman–Crippen LogP) is 3.81. The average molecular weight is 486 g/mol. The summed E-state index contributed by atoms with van der Waals surface area (Å²) in [5.41, 5.74) is 1.44. The quantitative estimate of drug-likeness (QED) is 0.515. The number of amides is 1. The normalized spacial score (nSPS) is 14.3. The second-order valence-corrected chi connectivity index (χ2v) is 9.13. The molecule has 0 saturated carbocycles. The Morgan fingerprint density at radius 3 is 2.32 bits per heavy atom. The van der Waals surface area contributed by atoms with E-state index in [1.807, 2.05) is 6.92 Å². The Kier molecular flexibility index (Phi) is 7.38. The molecule has 10 heteroatoms. The lowest BCUT2D eigenvalue weighted by Crippen LogP contribution is -2.46. The molecule has 1 aliphatic heterocycles. The van der Waals surface area contributed by atoms with Crippen LogP contribution in [0, 0.1) is 6.92 Å². The number of hydrogen-bond acceptors (Lipinski definition) is 9. The Balaban J connectivity index is 1.62. The standard InChI is InChI=1S/C24H31N5O4S/c1-6-7-28-8-10-29(11-9-28)22-19-15(2)21(34-24(19)26-14-25-22)23(30)27-16-12-17(31-3)20(33-5)18(13-16)32-4/h12-14H,6-11H2,1-5H3,(H,27,30). The van der Waals surface area contributed by atoms with Crippen molar-refractivity contribution in [3.05, 3.63) is 28.9 Å². The zero-order valence-corrected chi connectivity index (χ0v) is 21.1. The van der Waals surface area contributed by atoms with E-state index >= 15 is 0 Å². The molecular formula is C24H31N5O4S. The molecule has 3 heterocycles. The van der Waals surface area contributed by atoms with E-state index in [0.29, 0.717) is 27.8 Å². The fourth-order valence-corrected chi connectivity index (χ4v) is 5.39. The smallest absolute Gasteiger partial charge is 0.266 e. The second-order valence-electron chi connectivity index (χ2n) is 8.13. The number of thiophene rings is 1. The highest BCUT2D eigenvalue weighted by atomic mass is 32.1. The molecule has 1 aromatic carbocycles. The van der Waals surface area contributed by atoms with E-state index in [0.717, 1.165) is 60.7 Å². The number of aryl methyl sites for hydroxylation is 1. The monoisotopic (exact) mass is 485 g/mol. The number of aromatic nitrogens is 2. The lowest BCUT2D eigenvalue weighted by Gasteiger charge is -2.35. The third kappa shape index (κ3) is 4.60. The molecule has 1 fully saturated rings. The summed E-state index contributed by atoms with van der Waals surface area (Å²) in [5.74, 6) is 2.11. The maximum Gasteiger partial charge on any atom is 0.266 e. The number of rotatable bonds is 8. The van der Waals surface area contributed by atoms with Crippen LogP contribution in [0.1, 0.15) is 28.6 Å². The predicted molar refractivity (Wildman–Crippen MR) is 135 cm³/mol. The minimum atomic E-state index is -0.214. The number of carbonyl (C=O) groups excluding carboxylic acids is 1. The summed E-state index contributed by atoms with van der Waals surface area (Å²) in [6.45, 7) is 9.13. The number of piperazine rings is 1. The molecule has 0 aliphatic carbocycles. The lowest BCUT2D eigenvalue weighted by atomic mass is 10.1.